The summed E-state index contributed by atoms with van der Waals surface area (Å²) in [5.74, 6) is 1.71. The van der Waals surface area contributed by atoms with Crippen LogP contribution in [-0.2, 0) is 6.54 Å². The van der Waals surface area contributed by atoms with E-state index in [0.717, 1.165) is 0 Å². The molecule has 0 atom stereocenters. The van der Waals surface area contributed by atoms with Gasteiger partial charge in [0.15, 0.2) is 0 Å². The predicted molar refractivity (Wildman–Crippen MR) is 54.6 cm³/mol. The molecule has 0 amide bonds. The van der Waals surface area contributed by atoms with Crippen molar-refractivity contribution in [1.29, 1.82) is 0 Å². The van der Waals surface area contributed by atoms with Crippen LogP contribution in [0.4, 0.5) is 17.6 Å². The second kappa shape index (κ2) is 3.78. The van der Waals surface area contributed by atoms with Crippen LogP contribution < -0.4 is 16.8 Å². The van der Waals surface area contributed by atoms with Gasteiger partial charge < -0.3 is 16.8 Å². The number of aromatic nitrogens is 5. The number of aromatic amines is 1. The van der Waals surface area contributed by atoms with Gasteiger partial charge in [0.05, 0.1) is 6.54 Å². The largest absolute Gasteiger partial charge is 0.383 e. The molecule has 0 saturated carbocycles. The van der Waals surface area contributed by atoms with E-state index in [1.54, 1.807) is 6.07 Å². The minimum Gasteiger partial charge on any atom is -0.383 e. The van der Waals surface area contributed by atoms with Gasteiger partial charge in [-0.1, -0.05) is 0 Å². The Labute approximate surface area is 85.1 Å². The van der Waals surface area contributed by atoms with Crippen molar-refractivity contribution in [2.24, 2.45) is 0 Å². The molecule has 0 fully saturated rings. The van der Waals surface area contributed by atoms with Crippen LogP contribution in [0.15, 0.2) is 12.4 Å². The molecule has 2 heterocycles. The minimum absolute atomic E-state index is 0.134. The number of nitrogen functional groups attached to an aromatic ring is 2. The summed E-state index contributed by atoms with van der Waals surface area (Å²) in [5.41, 5.74) is 10.9. The highest BCUT2D eigenvalue weighted by Gasteiger charge is 2.00. The van der Waals surface area contributed by atoms with E-state index in [4.69, 9.17) is 11.5 Å². The van der Waals surface area contributed by atoms with Gasteiger partial charge in [0.2, 0.25) is 5.95 Å². The lowest BCUT2D eigenvalue weighted by molar-refractivity contribution is 0.946. The fourth-order valence-electron chi connectivity index (χ4n) is 1.07. The second-order valence-electron chi connectivity index (χ2n) is 2.82. The number of nitrogens with one attached hydrogen (secondary N) is 2. The Morgan fingerprint density at radius 2 is 2.20 bits per heavy atom. The molecule has 15 heavy (non-hydrogen) atoms. The van der Waals surface area contributed by atoms with E-state index >= 15 is 0 Å². The zero-order valence-corrected chi connectivity index (χ0v) is 7.81. The van der Waals surface area contributed by atoms with Crippen molar-refractivity contribution in [3.05, 3.63) is 18.2 Å². The predicted octanol–water partition coefficient (Wildman–Crippen LogP) is -0.629. The topological polar surface area (TPSA) is 131 Å². The number of nitrogens with two attached hydrogens (primary N) is 2. The molecule has 0 unspecified atom stereocenters. The lowest BCUT2D eigenvalue weighted by Crippen LogP contribution is -2.07. The third-order valence-corrected chi connectivity index (χ3v) is 1.67. The van der Waals surface area contributed by atoms with Crippen LogP contribution >= 0.6 is 0 Å². The first-order chi connectivity index (χ1) is 7.24. The van der Waals surface area contributed by atoms with Gasteiger partial charge in [-0.05, 0) is 0 Å². The van der Waals surface area contributed by atoms with Crippen molar-refractivity contribution in [3.63, 3.8) is 0 Å². The van der Waals surface area contributed by atoms with Crippen molar-refractivity contribution < 1.29 is 0 Å². The van der Waals surface area contributed by atoms with E-state index in [-0.39, 0.29) is 5.95 Å². The van der Waals surface area contributed by atoms with Gasteiger partial charge >= 0.3 is 0 Å². The molecule has 2 rings (SSSR count). The van der Waals surface area contributed by atoms with Crippen LogP contribution in [0, 0.1) is 0 Å². The zero-order chi connectivity index (χ0) is 10.7. The summed E-state index contributed by atoms with van der Waals surface area (Å²) in [7, 11) is 0. The van der Waals surface area contributed by atoms with Gasteiger partial charge in [0, 0.05) is 6.07 Å². The molecular formula is C7H10N8. The standard InChI is InChI=1S/C7H10N8/c8-4-1-5(14-7(9)13-4)10-2-6-11-3-12-15-6/h1,3H,2H2,(H,11,12,15)(H5,8,9,10,13,14). The lowest BCUT2D eigenvalue weighted by Gasteiger charge is -2.04. The lowest BCUT2D eigenvalue weighted by atomic mass is 10.5. The summed E-state index contributed by atoms with van der Waals surface area (Å²) < 4.78 is 0. The second-order valence-corrected chi connectivity index (χ2v) is 2.82. The van der Waals surface area contributed by atoms with Crippen molar-refractivity contribution in [2.45, 2.75) is 6.54 Å². The molecule has 0 aromatic carbocycles. The molecule has 6 N–H and O–H groups in total. The number of anilines is 3. The van der Waals surface area contributed by atoms with Gasteiger partial charge in [-0.3, -0.25) is 5.10 Å². The summed E-state index contributed by atoms with van der Waals surface area (Å²) in [4.78, 5) is 11.6. The fraction of sp³-hybridized carbons (Fsp3) is 0.143. The van der Waals surface area contributed by atoms with Crippen molar-refractivity contribution >= 4 is 17.6 Å². The average Bonchev–Trinajstić information content (AvgIpc) is 2.65. The van der Waals surface area contributed by atoms with Gasteiger partial charge in [-0.2, -0.15) is 15.1 Å². The zero-order valence-electron chi connectivity index (χ0n) is 7.81. The van der Waals surface area contributed by atoms with E-state index in [1.165, 1.54) is 6.33 Å². The summed E-state index contributed by atoms with van der Waals surface area (Å²) in [6.45, 7) is 0.468. The Balaban J connectivity index is 2.05. The average molecular weight is 206 g/mol. The van der Waals surface area contributed by atoms with Crippen LogP contribution in [0.25, 0.3) is 0 Å². The maximum atomic E-state index is 5.50. The Morgan fingerprint density at radius 3 is 2.87 bits per heavy atom. The van der Waals surface area contributed by atoms with Crippen LogP contribution in [0.3, 0.4) is 0 Å². The first-order valence-electron chi connectivity index (χ1n) is 4.22. The Morgan fingerprint density at radius 1 is 1.33 bits per heavy atom. The van der Waals surface area contributed by atoms with Crippen molar-refractivity contribution in [1.82, 2.24) is 25.1 Å². The molecule has 0 bridgehead atoms. The van der Waals surface area contributed by atoms with Gasteiger partial charge in [-0.25, -0.2) is 4.98 Å². The molecule has 2 aromatic rings. The van der Waals surface area contributed by atoms with Gasteiger partial charge in [0.1, 0.15) is 23.8 Å². The number of rotatable bonds is 3. The molecule has 2 aromatic heterocycles. The van der Waals surface area contributed by atoms with Crippen molar-refractivity contribution in [2.75, 3.05) is 16.8 Å². The maximum Gasteiger partial charge on any atom is 0.223 e. The van der Waals surface area contributed by atoms with Crippen LogP contribution in [0.5, 0.6) is 0 Å². The van der Waals surface area contributed by atoms with E-state index in [0.29, 0.717) is 24.0 Å². The molecule has 0 aliphatic heterocycles. The number of H-pyrrole nitrogens is 1. The van der Waals surface area contributed by atoms with Crippen LogP contribution in [-0.4, -0.2) is 25.1 Å². The first kappa shape index (κ1) is 9.19. The molecule has 78 valence electrons. The molecule has 0 spiro atoms. The smallest absolute Gasteiger partial charge is 0.223 e. The maximum absolute atomic E-state index is 5.50. The highest BCUT2D eigenvalue weighted by Crippen LogP contribution is 2.09. The summed E-state index contributed by atoms with van der Waals surface area (Å²) in [6, 6.07) is 1.59. The molecule has 0 radical (unpaired) electrons. The Bertz CT molecular complexity index is 416. The minimum atomic E-state index is 0.134. The Kier molecular flexibility index (Phi) is 2.31. The molecule has 8 nitrogen and oxygen atoms in total. The summed E-state index contributed by atoms with van der Waals surface area (Å²) >= 11 is 0. The van der Waals surface area contributed by atoms with E-state index in [1.807, 2.05) is 0 Å². The van der Waals surface area contributed by atoms with Gasteiger partial charge in [-0.15, -0.1) is 0 Å². The third kappa shape index (κ3) is 2.30. The first-order valence-corrected chi connectivity index (χ1v) is 4.22. The number of nitrogens with zero attached hydrogens (tertiary/aromatic N) is 4. The highest BCUT2D eigenvalue weighted by atomic mass is 15.2. The molecule has 8 heteroatoms. The van der Waals surface area contributed by atoms with E-state index in [9.17, 15) is 0 Å². The molecular weight excluding hydrogens is 196 g/mol. The van der Waals surface area contributed by atoms with E-state index in [2.05, 4.69) is 30.5 Å². The van der Waals surface area contributed by atoms with Crippen LogP contribution in [0.2, 0.25) is 0 Å². The summed E-state index contributed by atoms with van der Waals surface area (Å²) in [5, 5.41) is 9.40. The normalized spacial score (nSPS) is 10.1. The molecule has 0 saturated heterocycles. The molecule has 0 aliphatic rings. The molecule has 0 aliphatic carbocycles. The van der Waals surface area contributed by atoms with Crippen molar-refractivity contribution in [3.8, 4) is 0 Å². The fourth-order valence-corrected chi connectivity index (χ4v) is 1.07. The quantitative estimate of drug-likeness (QED) is 0.525. The van der Waals surface area contributed by atoms with E-state index < -0.39 is 0 Å². The highest BCUT2D eigenvalue weighted by molar-refractivity contribution is 5.48. The van der Waals surface area contributed by atoms with Gasteiger partial charge in [0.25, 0.3) is 0 Å². The monoisotopic (exact) mass is 206 g/mol. The SMILES string of the molecule is Nc1cc(NCc2ncn[nH]2)nc(N)n1. The third-order valence-electron chi connectivity index (χ3n) is 1.67. The number of hydrogen-bond donors (Lipinski definition) is 4. The number of hydrogen-bond acceptors (Lipinski definition) is 7. The summed E-state index contributed by atoms with van der Waals surface area (Å²) in [6.07, 6.45) is 1.43. The Hall–Kier alpha value is -2.38. The van der Waals surface area contributed by atoms with Crippen LogP contribution in [0.1, 0.15) is 5.82 Å².